The smallest absolute Gasteiger partial charge is 0.271 e. The number of hydrogen-bond donors (Lipinski definition) is 1. The molecule has 0 unspecified atom stereocenters. The lowest BCUT2D eigenvalue weighted by Gasteiger charge is -2.06. The Kier molecular flexibility index (Phi) is 4.21. The Morgan fingerprint density at radius 2 is 2.13 bits per heavy atom. The van der Waals surface area contributed by atoms with Crippen LogP contribution in [0.5, 0.6) is 0 Å². The van der Waals surface area contributed by atoms with E-state index in [-0.39, 0.29) is 5.91 Å². The first-order valence-corrected chi connectivity index (χ1v) is 5.18. The van der Waals surface area contributed by atoms with E-state index in [9.17, 15) is 4.79 Å². The minimum absolute atomic E-state index is 0.150. The Morgan fingerprint density at radius 3 is 2.67 bits per heavy atom. The van der Waals surface area contributed by atoms with Gasteiger partial charge in [-0.1, -0.05) is 13.8 Å². The standard InChI is InChI=1S/C11H17N3O/c1-8(2)6-7-12-11(15)10-5-4-9(3)13-14-10/h4-5,8H,6-7H2,1-3H3,(H,12,15). The number of hydrogen-bond acceptors (Lipinski definition) is 3. The molecular weight excluding hydrogens is 190 g/mol. The number of carbonyl (C=O) groups excluding carboxylic acids is 1. The van der Waals surface area contributed by atoms with Crippen molar-refractivity contribution in [3.05, 3.63) is 23.5 Å². The van der Waals surface area contributed by atoms with Crippen LogP contribution in [0.2, 0.25) is 0 Å². The third-order valence-electron chi connectivity index (χ3n) is 2.04. The van der Waals surface area contributed by atoms with Crippen LogP contribution in [0.25, 0.3) is 0 Å². The summed E-state index contributed by atoms with van der Waals surface area (Å²) in [5.41, 5.74) is 1.19. The fourth-order valence-corrected chi connectivity index (χ4v) is 1.08. The lowest BCUT2D eigenvalue weighted by molar-refractivity contribution is 0.0946. The Bertz CT molecular complexity index is 319. The summed E-state index contributed by atoms with van der Waals surface area (Å²) in [4.78, 5) is 11.5. The summed E-state index contributed by atoms with van der Waals surface area (Å²) in [5, 5.41) is 10.5. The molecule has 1 N–H and O–H groups in total. The molecule has 1 aromatic heterocycles. The average Bonchev–Trinajstić information content (AvgIpc) is 2.18. The van der Waals surface area contributed by atoms with Gasteiger partial charge in [0.2, 0.25) is 0 Å². The first-order chi connectivity index (χ1) is 7.09. The highest BCUT2D eigenvalue weighted by molar-refractivity contribution is 5.91. The van der Waals surface area contributed by atoms with Gasteiger partial charge in [-0.25, -0.2) is 0 Å². The van der Waals surface area contributed by atoms with Crippen LogP contribution in [0, 0.1) is 12.8 Å². The van der Waals surface area contributed by atoms with Crippen molar-refractivity contribution in [1.29, 1.82) is 0 Å². The molecule has 82 valence electrons. The molecule has 1 rings (SSSR count). The largest absolute Gasteiger partial charge is 0.351 e. The van der Waals surface area contributed by atoms with E-state index in [2.05, 4.69) is 29.4 Å². The Hall–Kier alpha value is -1.45. The van der Waals surface area contributed by atoms with Gasteiger partial charge in [0.15, 0.2) is 5.69 Å². The zero-order valence-corrected chi connectivity index (χ0v) is 9.45. The maximum atomic E-state index is 11.5. The fraction of sp³-hybridized carbons (Fsp3) is 0.545. The molecule has 0 aromatic carbocycles. The van der Waals surface area contributed by atoms with Crippen LogP contribution >= 0.6 is 0 Å². The van der Waals surface area contributed by atoms with Crippen LogP contribution in [-0.4, -0.2) is 22.6 Å². The molecular formula is C11H17N3O. The number of amides is 1. The zero-order chi connectivity index (χ0) is 11.3. The number of rotatable bonds is 4. The van der Waals surface area contributed by atoms with Gasteiger partial charge in [-0.2, -0.15) is 5.10 Å². The molecule has 0 atom stereocenters. The molecule has 4 nitrogen and oxygen atoms in total. The summed E-state index contributed by atoms with van der Waals surface area (Å²) in [7, 11) is 0. The van der Waals surface area contributed by atoms with Crippen molar-refractivity contribution in [2.24, 2.45) is 5.92 Å². The molecule has 1 heterocycles. The normalized spacial score (nSPS) is 10.4. The van der Waals surface area contributed by atoms with Crippen molar-refractivity contribution >= 4 is 5.91 Å². The fourth-order valence-electron chi connectivity index (χ4n) is 1.08. The molecule has 0 aliphatic carbocycles. The molecule has 0 bridgehead atoms. The number of nitrogens with one attached hydrogen (secondary N) is 1. The number of aryl methyl sites for hydroxylation is 1. The van der Waals surface area contributed by atoms with Gasteiger partial charge in [0, 0.05) is 6.54 Å². The Balaban J connectivity index is 2.43. The lowest BCUT2D eigenvalue weighted by Crippen LogP contribution is -2.26. The lowest BCUT2D eigenvalue weighted by atomic mass is 10.1. The quantitative estimate of drug-likeness (QED) is 0.815. The summed E-state index contributed by atoms with van der Waals surface area (Å²) in [5.74, 6) is 0.442. The van der Waals surface area contributed by atoms with Gasteiger partial charge < -0.3 is 5.32 Å². The van der Waals surface area contributed by atoms with Crippen LogP contribution in [0.15, 0.2) is 12.1 Å². The maximum Gasteiger partial charge on any atom is 0.271 e. The predicted octanol–water partition coefficient (Wildman–Crippen LogP) is 1.56. The molecule has 0 saturated carbocycles. The van der Waals surface area contributed by atoms with Crippen molar-refractivity contribution in [3.63, 3.8) is 0 Å². The third kappa shape index (κ3) is 4.06. The summed E-state index contributed by atoms with van der Waals surface area (Å²) in [6.45, 7) is 6.77. The second kappa shape index (κ2) is 5.44. The first-order valence-electron chi connectivity index (χ1n) is 5.18. The minimum Gasteiger partial charge on any atom is -0.351 e. The van der Waals surface area contributed by atoms with E-state index < -0.39 is 0 Å². The SMILES string of the molecule is Cc1ccc(C(=O)NCCC(C)C)nn1. The van der Waals surface area contributed by atoms with E-state index in [4.69, 9.17) is 0 Å². The van der Waals surface area contributed by atoms with Gasteiger partial charge in [-0.15, -0.1) is 5.10 Å². The minimum atomic E-state index is -0.150. The molecule has 0 radical (unpaired) electrons. The van der Waals surface area contributed by atoms with Crippen LogP contribution in [0.1, 0.15) is 36.5 Å². The summed E-state index contributed by atoms with van der Waals surface area (Å²) >= 11 is 0. The van der Waals surface area contributed by atoms with Crippen molar-refractivity contribution in [1.82, 2.24) is 15.5 Å². The van der Waals surface area contributed by atoms with E-state index in [1.165, 1.54) is 0 Å². The topological polar surface area (TPSA) is 54.9 Å². The van der Waals surface area contributed by atoms with Gasteiger partial charge >= 0.3 is 0 Å². The van der Waals surface area contributed by atoms with Crippen molar-refractivity contribution in [3.8, 4) is 0 Å². The predicted molar refractivity (Wildman–Crippen MR) is 58.6 cm³/mol. The van der Waals surface area contributed by atoms with Crippen LogP contribution < -0.4 is 5.32 Å². The highest BCUT2D eigenvalue weighted by Gasteiger charge is 2.06. The molecule has 1 amide bonds. The van der Waals surface area contributed by atoms with Gasteiger partial charge in [-0.3, -0.25) is 4.79 Å². The summed E-state index contributed by atoms with van der Waals surface area (Å²) < 4.78 is 0. The molecule has 15 heavy (non-hydrogen) atoms. The van der Waals surface area contributed by atoms with Crippen molar-refractivity contribution in [2.75, 3.05) is 6.54 Å². The van der Waals surface area contributed by atoms with Gasteiger partial charge in [-0.05, 0) is 31.4 Å². The second-order valence-corrected chi connectivity index (χ2v) is 4.00. The van der Waals surface area contributed by atoms with Gasteiger partial charge in [0.25, 0.3) is 5.91 Å². The first kappa shape index (κ1) is 11.6. The molecule has 4 heteroatoms. The monoisotopic (exact) mass is 207 g/mol. The van der Waals surface area contributed by atoms with Crippen LogP contribution in [0.4, 0.5) is 0 Å². The van der Waals surface area contributed by atoms with Gasteiger partial charge in [0.05, 0.1) is 5.69 Å². The zero-order valence-electron chi connectivity index (χ0n) is 9.45. The third-order valence-corrected chi connectivity index (χ3v) is 2.04. The van der Waals surface area contributed by atoms with E-state index in [1.54, 1.807) is 12.1 Å². The van der Waals surface area contributed by atoms with Gasteiger partial charge in [0.1, 0.15) is 0 Å². The van der Waals surface area contributed by atoms with Crippen molar-refractivity contribution < 1.29 is 4.79 Å². The maximum absolute atomic E-state index is 11.5. The Labute approximate surface area is 90.1 Å². The van der Waals surface area contributed by atoms with E-state index >= 15 is 0 Å². The number of carbonyl (C=O) groups is 1. The summed E-state index contributed by atoms with van der Waals surface area (Å²) in [6, 6.07) is 3.47. The van der Waals surface area contributed by atoms with E-state index in [0.717, 1.165) is 12.1 Å². The van der Waals surface area contributed by atoms with E-state index in [0.29, 0.717) is 18.2 Å². The van der Waals surface area contributed by atoms with Crippen molar-refractivity contribution in [2.45, 2.75) is 27.2 Å². The summed E-state index contributed by atoms with van der Waals surface area (Å²) in [6.07, 6.45) is 0.977. The molecule has 0 aliphatic heterocycles. The number of nitrogens with zero attached hydrogens (tertiary/aromatic N) is 2. The second-order valence-electron chi connectivity index (χ2n) is 4.00. The van der Waals surface area contributed by atoms with Crippen LogP contribution in [0.3, 0.4) is 0 Å². The molecule has 1 aromatic rings. The molecule has 0 spiro atoms. The highest BCUT2D eigenvalue weighted by atomic mass is 16.1. The van der Waals surface area contributed by atoms with E-state index in [1.807, 2.05) is 6.92 Å². The molecule has 0 fully saturated rings. The molecule has 0 aliphatic rings. The average molecular weight is 207 g/mol. The number of aromatic nitrogens is 2. The molecule has 0 saturated heterocycles. The van der Waals surface area contributed by atoms with Crippen LogP contribution in [-0.2, 0) is 0 Å². The Morgan fingerprint density at radius 1 is 1.40 bits per heavy atom. The highest BCUT2D eigenvalue weighted by Crippen LogP contribution is 1.98.